The number of amides is 3. The molecule has 0 radical (unpaired) electrons. The number of aromatic nitrogens is 1. The first-order valence-corrected chi connectivity index (χ1v) is 16.9. The predicted octanol–water partition coefficient (Wildman–Crippen LogP) is 3.30. The Morgan fingerprint density at radius 2 is 1.71 bits per heavy atom. The number of sulfonamides is 1. The Morgan fingerprint density at radius 3 is 2.40 bits per heavy atom. The molecular weight excluding hydrogens is 641 g/mol. The summed E-state index contributed by atoms with van der Waals surface area (Å²) >= 11 is 2.20. The van der Waals surface area contributed by atoms with E-state index in [0.29, 0.717) is 32.6 Å². The lowest BCUT2D eigenvalue weighted by atomic mass is 9.83. The zero-order valence-corrected chi connectivity index (χ0v) is 26.0. The normalized spacial score (nSPS) is 19.2. The maximum absolute atomic E-state index is 13.9. The van der Waals surface area contributed by atoms with Gasteiger partial charge in [-0.1, -0.05) is 47.4 Å². The first-order valence-electron chi connectivity index (χ1n) is 13.7. The third-order valence-corrected chi connectivity index (χ3v) is 10.6. The van der Waals surface area contributed by atoms with Gasteiger partial charge in [-0.3, -0.25) is 19.2 Å². The van der Waals surface area contributed by atoms with Crippen LogP contribution in [0.15, 0.2) is 87.5 Å². The first-order chi connectivity index (χ1) is 21.5. The van der Waals surface area contributed by atoms with Gasteiger partial charge in [-0.05, 0) is 61.0 Å². The summed E-state index contributed by atoms with van der Waals surface area (Å²) in [5.74, 6) is -2.01. The minimum atomic E-state index is -3.86. The van der Waals surface area contributed by atoms with Gasteiger partial charge in [0.25, 0.3) is 5.91 Å². The molecule has 2 unspecified atom stereocenters. The number of carbonyl (C=O) groups excluding carboxylic acids is 3. The molecule has 0 bridgehead atoms. The summed E-state index contributed by atoms with van der Waals surface area (Å²) in [6.45, 7) is 1.68. The van der Waals surface area contributed by atoms with Crippen molar-refractivity contribution in [2.24, 2.45) is 11.1 Å². The fraction of sp³-hybridized carbons (Fsp3) is 0.200. The van der Waals surface area contributed by atoms with Crippen molar-refractivity contribution in [1.82, 2.24) is 4.98 Å². The molecule has 0 aliphatic carbocycles. The standard InChI is InChI=1S/C30H26N4O8S3/c1-2-41-21-14-16(8-13-20(21)42-15-22(35)32-17-9-11-19(12-10-17)45(31,39)40)23-24-26(43-27-25(23)44-30(38)33-27)29(37)34(28(24)36)18-6-4-3-5-7-18/h3-14,23-24,26H,2,15H2,1H3,(H,32,35)(H,33,38)(H2,31,39,40)/t23-,24?,26?/m1/s1. The molecule has 3 heterocycles. The minimum absolute atomic E-state index is 0.0865. The van der Waals surface area contributed by atoms with E-state index in [4.69, 9.17) is 14.6 Å². The number of thiazole rings is 1. The van der Waals surface area contributed by atoms with E-state index < -0.39 is 33.0 Å². The van der Waals surface area contributed by atoms with Crippen LogP contribution in [0.1, 0.15) is 23.3 Å². The van der Waals surface area contributed by atoms with Gasteiger partial charge in [-0.2, -0.15) is 0 Å². The van der Waals surface area contributed by atoms with Gasteiger partial charge < -0.3 is 19.8 Å². The number of aromatic amines is 1. The summed E-state index contributed by atoms with van der Waals surface area (Å²) in [6, 6.07) is 19.2. The number of nitrogens with zero attached hydrogens (tertiary/aromatic N) is 1. The number of benzene rings is 3. The van der Waals surface area contributed by atoms with E-state index in [0.717, 1.165) is 11.3 Å². The highest BCUT2D eigenvalue weighted by molar-refractivity contribution is 8.00. The summed E-state index contributed by atoms with van der Waals surface area (Å²) in [4.78, 5) is 56.8. The molecule has 3 aromatic carbocycles. The van der Waals surface area contributed by atoms with Gasteiger partial charge in [0.1, 0.15) is 5.25 Å². The second kappa shape index (κ2) is 12.2. The summed E-state index contributed by atoms with van der Waals surface area (Å²) in [7, 11) is -3.86. The zero-order chi connectivity index (χ0) is 31.9. The van der Waals surface area contributed by atoms with Crippen molar-refractivity contribution in [3.63, 3.8) is 0 Å². The highest BCUT2D eigenvalue weighted by Gasteiger charge is 2.56. The number of fused-ring (bicyclic) bond motifs is 2. The molecule has 2 aliphatic heterocycles. The Morgan fingerprint density at radius 1 is 0.978 bits per heavy atom. The number of primary sulfonamides is 1. The van der Waals surface area contributed by atoms with Crippen LogP contribution in [0, 0.1) is 5.92 Å². The number of nitrogens with one attached hydrogen (secondary N) is 2. The lowest BCUT2D eigenvalue weighted by Crippen LogP contribution is -2.32. The molecule has 15 heteroatoms. The van der Waals surface area contributed by atoms with Gasteiger partial charge in [-0.25, -0.2) is 18.5 Å². The topological polar surface area (TPSA) is 178 Å². The fourth-order valence-electron chi connectivity index (χ4n) is 5.38. The highest BCUT2D eigenvalue weighted by Crippen LogP contribution is 2.53. The summed E-state index contributed by atoms with van der Waals surface area (Å²) in [5, 5.41) is 7.55. The maximum Gasteiger partial charge on any atom is 0.305 e. The van der Waals surface area contributed by atoms with Crippen LogP contribution in [-0.4, -0.2) is 49.6 Å². The molecule has 1 saturated heterocycles. The lowest BCUT2D eigenvalue weighted by Gasteiger charge is -2.30. The predicted molar refractivity (Wildman–Crippen MR) is 168 cm³/mol. The average molecular weight is 667 g/mol. The average Bonchev–Trinajstić information content (AvgIpc) is 3.50. The van der Waals surface area contributed by atoms with E-state index in [2.05, 4.69) is 10.3 Å². The second-order valence-electron chi connectivity index (χ2n) is 10.1. The van der Waals surface area contributed by atoms with Crippen molar-refractivity contribution in [3.8, 4) is 11.5 Å². The molecule has 4 N–H and O–H groups in total. The Kier molecular flexibility index (Phi) is 8.26. The van der Waals surface area contributed by atoms with Gasteiger partial charge >= 0.3 is 4.87 Å². The number of anilines is 2. The number of ether oxygens (including phenoxy) is 2. The van der Waals surface area contributed by atoms with Gasteiger partial charge in [0.15, 0.2) is 18.1 Å². The highest BCUT2D eigenvalue weighted by atomic mass is 32.2. The molecule has 4 aromatic rings. The number of hydrogen-bond acceptors (Lipinski definition) is 10. The van der Waals surface area contributed by atoms with Crippen molar-refractivity contribution in [2.75, 3.05) is 23.4 Å². The number of thioether (sulfide) groups is 1. The van der Waals surface area contributed by atoms with Crippen LogP contribution in [-0.2, 0) is 24.4 Å². The third-order valence-electron chi connectivity index (χ3n) is 7.29. The number of carbonyl (C=O) groups is 3. The van der Waals surface area contributed by atoms with Crippen LogP contribution in [0.4, 0.5) is 11.4 Å². The van der Waals surface area contributed by atoms with E-state index in [1.165, 1.54) is 40.9 Å². The Balaban J connectivity index is 1.27. The fourth-order valence-corrected chi connectivity index (χ4v) is 8.41. The molecular formula is C30H26N4O8S3. The maximum atomic E-state index is 13.9. The number of para-hydroxylation sites is 1. The van der Waals surface area contributed by atoms with Crippen molar-refractivity contribution in [1.29, 1.82) is 0 Å². The van der Waals surface area contributed by atoms with Gasteiger partial charge in [0, 0.05) is 16.5 Å². The Bertz CT molecular complexity index is 1960. The van der Waals surface area contributed by atoms with Crippen LogP contribution in [0.2, 0.25) is 0 Å². The van der Waals surface area contributed by atoms with Crippen LogP contribution in [0.25, 0.3) is 0 Å². The van der Waals surface area contributed by atoms with E-state index >= 15 is 0 Å². The smallest absolute Gasteiger partial charge is 0.305 e. The van der Waals surface area contributed by atoms with Gasteiger partial charge in [0.2, 0.25) is 21.8 Å². The van der Waals surface area contributed by atoms with Crippen molar-refractivity contribution in [2.45, 2.75) is 28.0 Å². The Labute approximate surface area is 265 Å². The van der Waals surface area contributed by atoms with E-state index in [9.17, 15) is 27.6 Å². The molecule has 0 saturated carbocycles. The minimum Gasteiger partial charge on any atom is -0.490 e. The SMILES string of the molecule is CCOc1cc([C@H]2c3sc(=O)[nH]c3SC3C(=O)N(c4ccccc4)C(=O)C32)ccc1OCC(=O)Nc1ccc(S(N)(=O)=O)cc1. The number of nitrogens with two attached hydrogens (primary N) is 1. The monoisotopic (exact) mass is 666 g/mol. The molecule has 45 heavy (non-hydrogen) atoms. The molecule has 3 atom stereocenters. The number of imide groups is 1. The molecule has 2 aliphatic rings. The second-order valence-corrected chi connectivity index (χ2v) is 13.9. The molecule has 1 aromatic heterocycles. The summed E-state index contributed by atoms with van der Waals surface area (Å²) in [6.07, 6.45) is 0. The van der Waals surface area contributed by atoms with Crippen LogP contribution in [0.5, 0.6) is 11.5 Å². The van der Waals surface area contributed by atoms with Crippen molar-refractivity contribution in [3.05, 3.63) is 92.9 Å². The van der Waals surface area contributed by atoms with E-state index in [1.807, 2.05) is 0 Å². The van der Waals surface area contributed by atoms with Crippen LogP contribution < -0.4 is 29.7 Å². The Hall–Kier alpha value is -4.44. The molecule has 3 amide bonds. The molecule has 12 nitrogen and oxygen atoms in total. The molecule has 6 rings (SSSR count). The summed E-state index contributed by atoms with van der Waals surface area (Å²) < 4.78 is 34.6. The molecule has 232 valence electrons. The van der Waals surface area contributed by atoms with Crippen molar-refractivity contribution >= 4 is 62.2 Å². The number of hydrogen-bond donors (Lipinski definition) is 3. The van der Waals surface area contributed by atoms with Gasteiger partial charge in [-0.15, -0.1) is 0 Å². The number of rotatable bonds is 9. The third kappa shape index (κ3) is 5.99. The van der Waals surface area contributed by atoms with Crippen LogP contribution >= 0.6 is 23.1 Å². The quantitative estimate of drug-likeness (QED) is 0.226. The lowest BCUT2D eigenvalue weighted by molar-refractivity contribution is -0.122. The molecule has 1 fully saturated rings. The van der Waals surface area contributed by atoms with Gasteiger partial charge in [0.05, 0.1) is 28.1 Å². The van der Waals surface area contributed by atoms with Crippen LogP contribution in [0.3, 0.4) is 0 Å². The largest absolute Gasteiger partial charge is 0.490 e. The van der Waals surface area contributed by atoms with E-state index in [-0.39, 0.29) is 40.5 Å². The molecule has 0 spiro atoms. The zero-order valence-electron chi connectivity index (χ0n) is 23.6. The number of H-pyrrole nitrogens is 1. The summed E-state index contributed by atoms with van der Waals surface area (Å²) in [5.41, 5.74) is 1.48. The van der Waals surface area contributed by atoms with Crippen molar-refractivity contribution < 1.29 is 32.3 Å². The van der Waals surface area contributed by atoms with E-state index in [1.54, 1.807) is 55.5 Å². The first kappa shape index (κ1) is 30.6.